The number of rotatable bonds is 1. The van der Waals surface area contributed by atoms with Gasteiger partial charge in [0.2, 0.25) is 5.91 Å². The first-order valence-electron chi connectivity index (χ1n) is 8.56. The van der Waals surface area contributed by atoms with Gasteiger partial charge < -0.3 is 4.74 Å². The standard InChI is InChI=1S/C21H21NO3/c1-20(2,3)25-19(24)22-17-12-8-7-11-15(17)21(18(22)23)13-16(21)14-9-5-4-6-10-14/h4-12,16H,13H2,1-3H3/t16-,21-/m1/s1. The van der Waals surface area contributed by atoms with Gasteiger partial charge in [0.15, 0.2) is 0 Å². The van der Waals surface area contributed by atoms with Crippen LogP contribution in [0.4, 0.5) is 10.5 Å². The predicted octanol–water partition coefficient (Wildman–Crippen LogP) is 4.39. The Balaban J connectivity index is 1.75. The van der Waals surface area contributed by atoms with Crippen LogP contribution in [-0.2, 0) is 14.9 Å². The molecule has 2 atom stereocenters. The summed E-state index contributed by atoms with van der Waals surface area (Å²) in [6, 6.07) is 17.6. The van der Waals surface area contributed by atoms with E-state index in [1.165, 1.54) is 4.90 Å². The predicted molar refractivity (Wildman–Crippen MR) is 95.6 cm³/mol. The van der Waals surface area contributed by atoms with Gasteiger partial charge >= 0.3 is 6.09 Å². The molecule has 0 bridgehead atoms. The summed E-state index contributed by atoms with van der Waals surface area (Å²) in [7, 11) is 0. The molecule has 2 aromatic rings. The second-order valence-electron chi connectivity index (χ2n) is 7.78. The van der Waals surface area contributed by atoms with Crippen LogP contribution in [0.15, 0.2) is 54.6 Å². The molecular formula is C21H21NO3. The quantitative estimate of drug-likeness (QED) is 0.776. The summed E-state index contributed by atoms with van der Waals surface area (Å²) in [5.41, 5.74) is 1.44. The Morgan fingerprint density at radius 1 is 1.08 bits per heavy atom. The number of fused-ring (bicyclic) bond motifs is 2. The third-order valence-electron chi connectivity index (χ3n) is 4.95. The van der Waals surface area contributed by atoms with Crippen LogP contribution in [0.1, 0.15) is 44.2 Å². The smallest absolute Gasteiger partial charge is 0.421 e. The van der Waals surface area contributed by atoms with Crippen LogP contribution in [-0.4, -0.2) is 17.6 Å². The molecule has 2 aromatic carbocycles. The molecule has 0 unspecified atom stereocenters. The number of hydrogen-bond donors (Lipinski definition) is 0. The van der Waals surface area contributed by atoms with E-state index in [0.29, 0.717) is 5.69 Å². The number of nitrogens with zero attached hydrogens (tertiary/aromatic N) is 1. The fourth-order valence-electron chi connectivity index (χ4n) is 3.84. The summed E-state index contributed by atoms with van der Waals surface area (Å²) >= 11 is 0. The molecule has 1 fully saturated rings. The van der Waals surface area contributed by atoms with Gasteiger partial charge in [0.25, 0.3) is 0 Å². The van der Waals surface area contributed by atoms with Gasteiger partial charge in [0.1, 0.15) is 5.60 Å². The molecule has 1 spiro atoms. The number of ether oxygens (including phenoxy) is 1. The zero-order valence-corrected chi connectivity index (χ0v) is 14.7. The fourth-order valence-corrected chi connectivity index (χ4v) is 3.84. The lowest BCUT2D eigenvalue weighted by molar-refractivity contribution is -0.120. The van der Waals surface area contributed by atoms with Crippen molar-refractivity contribution in [2.45, 2.75) is 44.1 Å². The van der Waals surface area contributed by atoms with Crippen LogP contribution < -0.4 is 4.90 Å². The highest BCUT2D eigenvalue weighted by Gasteiger charge is 2.68. The van der Waals surface area contributed by atoms with Crippen LogP contribution in [0.3, 0.4) is 0 Å². The largest absolute Gasteiger partial charge is 0.443 e. The molecule has 2 aliphatic rings. The van der Waals surface area contributed by atoms with Crippen molar-refractivity contribution in [3.05, 3.63) is 65.7 Å². The summed E-state index contributed by atoms with van der Waals surface area (Å²) in [4.78, 5) is 27.2. The van der Waals surface area contributed by atoms with Crippen molar-refractivity contribution in [1.82, 2.24) is 0 Å². The van der Waals surface area contributed by atoms with Crippen LogP contribution in [0.5, 0.6) is 0 Å². The molecule has 0 radical (unpaired) electrons. The average molecular weight is 335 g/mol. The van der Waals surface area contributed by atoms with E-state index >= 15 is 0 Å². The van der Waals surface area contributed by atoms with Gasteiger partial charge in [-0.15, -0.1) is 0 Å². The molecule has 1 aliphatic carbocycles. The minimum absolute atomic E-state index is 0.106. The summed E-state index contributed by atoms with van der Waals surface area (Å²) in [6.45, 7) is 5.41. The molecular weight excluding hydrogens is 314 g/mol. The lowest BCUT2D eigenvalue weighted by Gasteiger charge is -2.24. The lowest BCUT2D eigenvalue weighted by Crippen LogP contribution is -2.41. The molecule has 0 aromatic heterocycles. The Labute approximate surface area is 147 Å². The maximum atomic E-state index is 13.3. The third-order valence-corrected chi connectivity index (χ3v) is 4.95. The number of carbonyl (C=O) groups is 2. The summed E-state index contributed by atoms with van der Waals surface area (Å²) < 4.78 is 5.48. The van der Waals surface area contributed by atoms with Crippen molar-refractivity contribution in [1.29, 1.82) is 0 Å². The summed E-state index contributed by atoms with van der Waals surface area (Å²) in [6.07, 6.45) is 0.132. The Morgan fingerprint density at radius 2 is 1.72 bits per heavy atom. The van der Waals surface area contributed by atoms with Crippen molar-refractivity contribution in [2.24, 2.45) is 0 Å². The highest BCUT2D eigenvalue weighted by Crippen LogP contribution is 2.66. The molecule has 4 heteroatoms. The van der Waals surface area contributed by atoms with E-state index in [1.807, 2.05) is 54.6 Å². The molecule has 2 amide bonds. The number of carbonyl (C=O) groups excluding carboxylic acids is 2. The van der Waals surface area contributed by atoms with Gasteiger partial charge in [-0.25, -0.2) is 9.69 Å². The topological polar surface area (TPSA) is 46.6 Å². The second kappa shape index (κ2) is 5.19. The van der Waals surface area contributed by atoms with E-state index in [4.69, 9.17) is 4.74 Å². The molecule has 1 saturated carbocycles. The Morgan fingerprint density at radius 3 is 2.40 bits per heavy atom. The monoisotopic (exact) mass is 335 g/mol. The maximum Gasteiger partial charge on any atom is 0.421 e. The van der Waals surface area contributed by atoms with E-state index in [0.717, 1.165) is 17.5 Å². The Kier molecular flexibility index (Phi) is 3.29. The van der Waals surface area contributed by atoms with Crippen LogP contribution in [0, 0.1) is 0 Å². The molecule has 4 nitrogen and oxygen atoms in total. The first-order chi connectivity index (χ1) is 11.8. The maximum absolute atomic E-state index is 13.3. The van der Waals surface area contributed by atoms with E-state index in [2.05, 4.69) is 0 Å². The second-order valence-corrected chi connectivity index (χ2v) is 7.78. The van der Waals surface area contributed by atoms with E-state index in [-0.39, 0.29) is 11.8 Å². The SMILES string of the molecule is CC(C)(C)OC(=O)N1C(=O)[C@]2(C[C@@H]2c2ccccc2)c2ccccc21. The number of benzene rings is 2. The minimum Gasteiger partial charge on any atom is -0.443 e. The van der Waals surface area contributed by atoms with Gasteiger partial charge in [-0.1, -0.05) is 48.5 Å². The zero-order chi connectivity index (χ0) is 17.8. The number of anilines is 1. The zero-order valence-electron chi connectivity index (χ0n) is 14.7. The summed E-state index contributed by atoms with van der Waals surface area (Å²) in [5.74, 6) is -0.0633. The average Bonchev–Trinajstić information content (AvgIpc) is 3.25. The van der Waals surface area contributed by atoms with Crippen LogP contribution in [0.2, 0.25) is 0 Å². The molecule has 0 saturated heterocycles. The van der Waals surface area contributed by atoms with Crippen molar-refractivity contribution in [3.8, 4) is 0 Å². The van der Waals surface area contributed by atoms with E-state index in [1.54, 1.807) is 20.8 Å². The third kappa shape index (κ3) is 2.36. The molecule has 0 N–H and O–H groups in total. The van der Waals surface area contributed by atoms with E-state index < -0.39 is 17.1 Å². The number of para-hydroxylation sites is 1. The highest BCUT2D eigenvalue weighted by atomic mass is 16.6. The number of amides is 2. The highest BCUT2D eigenvalue weighted by molar-refractivity contribution is 6.23. The van der Waals surface area contributed by atoms with Gasteiger partial charge in [-0.3, -0.25) is 4.79 Å². The van der Waals surface area contributed by atoms with Gasteiger partial charge in [0.05, 0.1) is 11.1 Å². The van der Waals surface area contributed by atoms with Gasteiger partial charge in [0, 0.05) is 5.92 Å². The Hall–Kier alpha value is -2.62. The van der Waals surface area contributed by atoms with Crippen molar-refractivity contribution >= 4 is 17.7 Å². The number of imide groups is 1. The Bertz CT molecular complexity index is 853. The van der Waals surface area contributed by atoms with Crippen LogP contribution >= 0.6 is 0 Å². The molecule has 128 valence electrons. The molecule has 25 heavy (non-hydrogen) atoms. The van der Waals surface area contributed by atoms with Crippen molar-refractivity contribution in [2.75, 3.05) is 4.90 Å². The first-order valence-corrected chi connectivity index (χ1v) is 8.56. The normalized spacial score (nSPS) is 24.4. The molecule has 1 heterocycles. The van der Waals surface area contributed by atoms with Crippen molar-refractivity contribution in [3.63, 3.8) is 0 Å². The van der Waals surface area contributed by atoms with Crippen LogP contribution in [0.25, 0.3) is 0 Å². The number of hydrogen-bond acceptors (Lipinski definition) is 3. The molecule has 4 rings (SSSR count). The van der Waals surface area contributed by atoms with Gasteiger partial charge in [-0.05, 0) is 44.4 Å². The molecule has 1 aliphatic heterocycles. The lowest BCUT2D eigenvalue weighted by atomic mass is 9.92. The van der Waals surface area contributed by atoms with Gasteiger partial charge in [-0.2, -0.15) is 0 Å². The summed E-state index contributed by atoms with van der Waals surface area (Å²) in [5, 5.41) is 0. The minimum atomic E-state index is -0.648. The first kappa shape index (κ1) is 15.9. The van der Waals surface area contributed by atoms with Crippen molar-refractivity contribution < 1.29 is 14.3 Å². The fraction of sp³-hybridized carbons (Fsp3) is 0.333. The van der Waals surface area contributed by atoms with E-state index in [9.17, 15) is 9.59 Å².